The molecule has 2 aromatic carbocycles. The van der Waals surface area contributed by atoms with Gasteiger partial charge in [-0.2, -0.15) is 0 Å². The molecule has 2 aromatic rings. The molecule has 2 rings (SSSR count). The number of benzene rings is 2. The maximum atomic E-state index is 13.1. The number of hydrogen-bond donors (Lipinski definition) is 0. The molecular formula is C22H34NO8PS. The summed E-state index contributed by atoms with van der Waals surface area (Å²) in [6, 6.07) is 13.8. The Kier molecular flexibility index (Phi) is 11.5. The van der Waals surface area contributed by atoms with E-state index in [0.717, 1.165) is 15.6 Å². The van der Waals surface area contributed by atoms with Crippen molar-refractivity contribution < 1.29 is 39.8 Å². The van der Waals surface area contributed by atoms with Gasteiger partial charge in [0.05, 0.1) is 41.4 Å². The zero-order chi connectivity index (χ0) is 25.1. The van der Waals surface area contributed by atoms with Gasteiger partial charge < -0.3 is 18.1 Å². The first-order valence-corrected chi connectivity index (χ1v) is 13.1. The molecule has 0 fully saturated rings. The van der Waals surface area contributed by atoms with Crippen LogP contribution in [0.5, 0.6) is 11.5 Å². The quantitative estimate of drug-likeness (QED) is 0.145. The predicted molar refractivity (Wildman–Crippen MR) is 126 cm³/mol. The fourth-order valence-corrected chi connectivity index (χ4v) is 3.65. The average Bonchev–Trinajstić information content (AvgIpc) is 2.66. The Morgan fingerprint density at radius 3 is 1.52 bits per heavy atom. The molecule has 0 aromatic heterocycles. The highest BCUT2D eigenvalue weighted by atomic mass is 32.3. The summed E-state index contributed by atoms with van der Waals surface area (Å²) in [5.74, 6) is 0.642. The number of hydrogen-bond acceptors (Lipinski definition) is 8. The van der Waals surface area contributed by atoms with Gasteiger partial charge >= 0.3 is 7.82 Å². The van der Waals surface area contributed by atoms with Crippen LogP contribution in [0.25, 0.3) is 0 Å². The molecule has 0 aliphatic carbocycles. The molecule has 0 spiro atoms. The predicted octanol–water partition coefficient (Wildman–Crippen LogP) is 4.47. The smallest absolute Gasteiger partial charge is 0.587 e. The van der Waals surface area contributed by atoms with Crippen LogP contribution >= 0.6 is 7.82 Å². The van der Waals surface area contributed by atoms with Gasteiger partial charge in [0.15, 0.2) is 0 Å². The van der Waals surface area contributed by atoms with E-state index in [1.165, 1.54) is 0 Å². The Balaban J connectivity index is 0.000000981. The van der Waals surface area contributed by atoms with Crippen molar-refractivity contribution in [2.45, 2.75) is 26.7 Å². The molecule has 0 saturated heterocycles. The molecule has 33 heavy (non-hydrogen) atoms. The van der Waals surface area contributed by atoms with E-state index in [2.05, 4.69) is 32.4 Å². The molecule has 11 heteroatoms. The Morgan fingerprint density at radius 1 is 0.788 bits per heavy atom. The molecule has 186 valence electrons. The lowest BCUT2D eigenvalue weighted by Gasteiger charge is -2.19. The van der Waals surface area contributed by atoms with E-state index >= 15 is 0 Å². The second-order valence-electron chi connectivity index (χ2n) is 8.71. The Morgan fingerprint density at radius 2 is 1.15 bits per heavy atom. The summed E-state index contributed by atoms with van der Waals surface area (Å²) < 4.78 is 65.7. The van der Waals surface area contributed by atoms with Crippen LogP contribution in [0.1, 0.15) is 24.0 Å². The van der Waals surface area contributed by atoms with Crippen molar-refractivity contribution in [2.24, 2.45) is 0 Å². The Labute approximate surface area is 197 Å². The van der Waals surface area contributed by atoms with Crippen molar-refractivity contribution in [1.82, 2.24) is 0 Å². The van der Waals surface area contributed by atoms with Crippen molar-refractivity contribution in [1.29, 1.82) is 0 Å². The van der Waals surface area contributed by atoms with E-state index in [0.29, 0.717) is 11.5 Å². The van der Waals surface area contributed by atoms with Crippen LogP contribution in [0.15, 0.2) is 48.5 Å². The van der Waals surface area contributed by atoms with Crippen LogP contribution in [0.4, 0.5) is 0 Å². The topological polar surface area (TPSA) is 111 Å². The zero-order valence-corrected chi connectivity index (χ0v) is 21.7. The van der Waals surface area contributed by atoms with Gasteiger partial charge in [0.25, 0.3) is 0 Å². The third-order valence-electron chi connectivity index (χ3n) is 3.49. The summed E-state index contributed by atoms with van der Waals surface area (Å²) in [5.41, 5.74) is 2.02. The van der Waals surface area contributed by atoms with Crippen LogP contribution in [0.3, 0.4) is 0 Å². The molecule has 0 aliphatic rings. The van der Waals surface area contributed by atoms with Crippen LogP contribution in [0, 0.1) is 13.8 Å². The largest absolute Gasteiger partial charge is 0.726 e. The minimum Gasteiger partial charge on any atom is -0.726 e. The Bertz CT molecular complexity index is 929. The summed E-state index contributed by atoms with van der Waals surface area (Å²) in [5, 5.41) is 0. The summed E-state index contributed by atoms with van der Waals surface area (Å²) in [7, 11) is -0.219. The second-order valence-corrected chi connectivity index (χ2v) is 11.3. The van der Waals surface area contributed by atoms with Crippen LogP contribution < -0.4 is 9.05 Å². The lowest BCUT2D eigenvalue weighted by molar-refractivity contribution is -0.849. The third-order valence-corrected chi connectivity index (χ3v) is 5.32. The standard InChI is InChI=1S/C18H23O8PS.C4H12N/c1-15-5-9-17(10-6-15)25-27(19,26-18-11-7-16(2)8-12-18)23-13-3-4-14-24-28(20,21)22;1-5(2,3)4/h5-12H,3-4,13-14H2,1-2H3,(H,20,21,22);1-4H3/q;+1/p-1. The number of aryl methyl sites for hydroxylation is 2. The highest BCUT2D eigenvalue weighted by Crippen LogP contribution is 2.49. The molecule has 0 atom stereocenters. The molecular weight excluding hydrogens is 469 g/mol. The van der Waals surface area contributed by atoms with E-state index in [-0.39, 0.29) is 26.1 Å². The van der Waals surface area contributed by atoms with Gasteiger partial charge in [0, 0.05) is 0 Å². The molecule has 0 aliphatic heterocycles. The minimum absolute atomic E-state index is 0.0444. The van der Waals surface area contributed by atoms with Gasteiger partial charge in [-0.1, -0.05) is 35.4 Å². The zero-order valence-electron chi connectivity index (χ0n) is 20.0. The maximum absolute atomic E-state index is 13.1. The summed E-state index contributed by atoms with van der Waals surface area (Å²) in [6.07, 6.45) is 0.505. The Hall–Kier alpha value is -1.94. The van der Waals surface area contributed by atoms with Crippen LogP contribution in [0.2, 0.25) is 0 Å². The number of phosphoric acid groups is 1. The van der Waals surface area contributed by atoms with Gasteiger partial charge in [0.2, 0.25) is 10.4 Å². The first-order chi connectivity index (χ1) is 15.2. The number of rotatable bonds is 11. The van der Waals surface area contributed by atoms with Crippen LogP contribution in [-0.4, -0.2) is 58.9 Å². The molecule has 0 amide bonds. The first kappa shape index (κ1) is 29.1. The van der Waals surface area contributed by atoms with Gasteiger partial charge in [0.1, 0.15) is 11.5 Å². The third kappa shape index (κ3) is 15.5. The molecule has 9 nitrogen and oxygen atoms in total. The minimum atomic E-state index is -4.72. The van der Waals surface area contributed by atoms with Gasteiger partial charge in [-0.05, 0) is 51.0 Å². The first-order valence-electron chi connectivity index (χ1n) is 10.3. The molecule has 0 N–H and O–H groups in total. The average molecular weight is 504 g/mol. The van der Waals surface area contributed by atoms with E-state index in [1.54, 1.807) is 48.5 Å². The SMILES string of the molecule is C[N+](C)(C)C.Cc1ccc(OP(=O)(OCCCCOS(=O)(=O)[O-])Oc2ccc(C)cc2)cc1. The molecule has 0 heterocycles. The summed E-state index contributed by atoms with van der Waals surface area (Å²) in [4.78, 5) is 0. The van der Waals surface area contributed by atoms with Crippen molar-refractivity contribution in [3.05, 3.63) is 59.7 Å². The van der Waals surface area contributed by atoms with E-state index in [4.69, 9.17) is 13.6 Å². The van der Waals surface area contributed by atoms with Gasteiger partial charge in [-0.15, -0.1) is 0 Å². The number of quaternary nitrogens is 1. The van der Waals surface area contributed by atoms with Crippen LogP contribution in [-0.2, 0) is 23.7 Å². The fraction of sp³-hybridized carbons (Fsp3) is 0.455. The number of phosphoric ester groups is 1. The van der Waals surface area contributed by atoms with Gasteiger partial charge in [-0.25, -0.2) is 13.0 Å². The number of nitrogens with zero attached hydrogens (tertiary/aromatic N) is 1. The monoisotopic (exact) mass is 503 g/mol. The van der Waals surface area contributed by atoms with Gasteiger partial charge in [-0.3, -0.25) is 8.71 Å². The van der Waals surface area contributed by atoms with E-state index < -0.39 is 18.2 Å². The van der Waals surface area contributed by atoms with E-state index in [9.17, 15) is 17.5 Å². The van der Waals surface area contributed by atoms with Crippen molar-refractivity contribution in [2.75, 3.05) is 41.4 Å². The van der Waals surface area contributed by atoms with Crippen molar-refractivity contribution >= 4 is 18.2 Å². The number of unbranched alkanes of at least 4 members (excludes halogenated alkanes) is 1. The lowest BCUT2D eigenvalue weighted by atomic mass is 10.2. The molecule has 0 saturated carbocycles. The lowest BCUT2D eigenvalue weighted by Crippen LogP contribution is -2.27. The molecule has 0 radical (unpaired) electrons. The maximum Gasteiger partial charge on any atom is 0.587 e. The highest BCUT2D eigenvalue weighted by Gasteiger charge is 2.30. The fourth-order valence-electron chi connectivity index (χ4n) is 2.07. The normalized spacial score (nSPS) is 12.0. The van der Waals surface area contributed by atoms with Crippen molar-refractivity contribution in [3.8, 4) is 11.5 Å². The second kappa shape index (κ2) is 13.1. The summed E-state index contributed by atoms with van der Waals surface area (Å²) in [6.45, 7) is 3.49. The molecule has 0 bridgehead atoms. The summed E-state index contributed by atoms with van der Waals surface area (Å²) >= 11 is 0. The highest BCUT2D eigenvalue weighted by molar-refractivity contribution is 7.80. The van der Waals surface area contributed by atoms with Crippen molar-refractivity contribution in [3.63, 3.8) is 0 Å². The van der Waals surface area contributed by atoms with E-state index in [1.807, 2.05) is 13.8 Å². The molecule has 0 unspecified atom stereocenters.